The van der Waals surface area contributed by atoms with Crippen LogP contribution in [0.5, 0.6) is 5.75 Å². The zero-order valence-electron chi connectivity index (χ0n) is 10.6. The third-order valence-corrected chi connectivity index (χ3v) is 3.38. The highest BCUT2D eigenvalue weighted by Crippen LogP contribution is 2.29. The Kier molecular flexibility index (Phi) is 3.27. The number of hydrogen-bond donors (Lipinski definition) is 0. The lowest BCUT2D eigenvalue weighted by Gasteiger charge is -2.18. The molecule has 0 radical (unpaired) electrons. The molecule has 3 heteroatoms. The summed E-state index contributed by atoms with van der Waals surface area (Å²) in [5.41, 5.74) is 2.92. The molecule has 0 unspecified atom stereocenters. The van der Waals surface area contributed by atoms with Gasteiger partial charge in [0.25, 0.3) is 0 Å². The summed E-state index contributed by atoms with van der Waals surface area (Å²) in [7, 11) is 0. The number of benzene rings is 1. The van der Waals surface area contributed by atoms with E-state index in [0.717, 1.165) is 35.3 Å². The van der Waals surface area contributed by atoms with Crippen molar-refractivity contribution in [1.29, 1.82) is 0 Å². The number of carbonyl (C=O) groups is 1. The van der Waals surface area contributed by atoms with Crippen LogP contribution in [0.15, 0.2) is 42.7 Å². The fraction of sp³-hybridized carbons (Fsp3) is 0.250. The summed E-state index contributed by atoms with van der Waals surface area (Å²) in [5.74, 6) is 1.06. The Bertz CT molecular complexity index is 593. The third-order valence-electron chi connectivity index (χ3n) is 3.38. The van der Waals surface area contributed by atoms with Crippen LogP contribution in [0.1, 0.15) is 34.3 Å². The first-order valence-corrected chi connectivity index (χ1v) is 6.51. The predicted octanol–water partition coefficient (Wildman–Crippen LogP) is 3.18. The van der Waals surface area contributed by atoms with Gasteiger partial charge in [-0.25, -0.2) is 0 Å². The molecule has 1 heterocycles. The summed E-state index contributed by atoms with van der Waals surface area (Å²) in [6.07, 6.45) is 6.02. The Balaban J connectivity index is 1.82. The van der Waals surface area contributed by atoms with Crippen molar-refractivity contribution >= 4 is 5.78 Å². The largest absolute Gasteiger partial charge is 0.489 e. The Morgan fingerprint density at radius 2 is 2.11 bits per heavy atom. The van der Waals surface area contributed by atoms with Gasteiger partial charge in [0, 0.05) is 35.5 Å². The predicted molar refractivity (Wildman–Crippen MR) is 72.3 cm³/mol. The molecule has 0 spiro atoms. The number of ether oxygens (including phenoxy) is 1. The molecule has 0 aliphatic heterocycles. The smallest absolute Gasteiger partial charge is 0.163 e. The van der Waals surface area contributed by atoms with Crippen LogP contribution in [-0.2, 0) is 13.0 Å². The molecule has 1 aromatic carbocycles. The number of Topliss-reactive ketones (excluding diaryl/α,β-unsaturated/α-hetero) is 1. The first-order chi connectivity index (χ1) is 9.34. The number of pyridine rings is 1. The highest BCUT2D eigenvalue weighted by molar-refractivity contribution is 5.99. The van der Waals surface area contributed by atoms with E-state index in [-0.39, 0.29) is 5.78 Å². The van der Waals surface area contributed by atoms with Gasteiger partial charge in [0.15, 0.2) is 5.78 Å². The summed E-state index contributed by atoms with van der Waals surface area (Å²) in [5, 5.41) is 0. The molecular formula is C16H15NO2. The van der Waals surface area contributed by atoms with E-state index < -0.39 is 0 Å². The van der Waals surface area contributed by atoms with Crippen LogP contribution >= 0.6 is 0 Å². The van der Waals surface area contributed by atoms with Crippen molar-refractivity contribution in [2.75, 3.05) is 0 Å². The van der Waals surface area contributed by atoms with E-state index >= 15 is 0 Å². The second-order valence-electron chi connectivity index (χ2n) is 4.71. The lowest BCUT2D eigenvalue weighted by Crippen LogP contribution is -2.12. The quantitative estimate of drug-likeness (QED) is 0.843. The first kappa shape index (κ1) is 11.9. The third kappa shape index (κ3) is 2.50. The van der Waals surface area contributed by atoms with Gasteiger partial charge < -0.3 is 4.74 Å². The average molecular weight is 253 g/mol. The maximum atomic E-state index is 11.8. The highest BCUT2D eigenvalue weighted by Gasteiger charge is 2.20. The minimum atomic E-state index is 0.230. The average Bonchev–Trinajstić information content (AvgIpc) is 2.47. The van der Waals surface area contributed by atoms with E-state index in [9.17, 15) is 4.79 Å². The summed E-state index contributed by atoms with van der Waals surface area (Å²) >= 11 is 0. The van der Waals surface area contributed by atoms with Crippen LogP contribution in [0.25, 0.3) is 0 Å². The van der Waals surface area contributed by atoms with Crippen molar-refractivity contribution in [2.45, 2.75) is 25.9 Å². The maximum Gasteiger partial charge on any atom is 0.163 e. The normalized spacial score (nSPS) is 14.0. The molecule has 0 saturated heterocycles. The van der Waals surface area contributed by atoms with Gasteiger partial charge >= 0.3 is 0 Å². The lowest BCUT2D eigenvalue weighted by molar-refractivity contribution is 0.0971. The van der Waals surface area contributed by atoms with Gasteiger partial charge in [-0.05, 0) is 25.0 Å². The number of rotatable bonds is 3. The summed E-state index contributed by atoms with van der Waals surface area (Å²) in [4.78, 5) is 15.9. The van der Waals surface area contributed by atoms with Crippen molar-refractivity contribution in [1.82, 2.24) is 4.98 Å². The van der Waals surface area contributed by atoms with E-state index in [1.54, 1.807) is 12.4 Å². The number of fused-ring (bicyclic) bond motifs is 1. The highest BCUT2D eigenvalue weighted by atomic mass is 16.5. The molecule has 1 aromatic heterocycles. The molecule has 3 nitrogen and oxygen atoms in total. The Labute approximate surface area is 112 Å². The second-order valence-corrected chi connectivity index (χ2v) is 4.71. The van der Waals surface area contributed by atoms with Crippen LogP contribution in [-0.4, -0.2) is 10.8 Å². The van der Waals surface area contributed by atoms with E-state index in [1.807, 2.05) is 30.3 Å². The topological polar surface area (TPSA) is 39.2 Å². The van der Waals surface area contributed by atoms with Crippen molar-refractivity contribution in [3.05, 3.63) is 59.4 Å². The molecule has 1 aliphatic carbocycles. The van der Waals surface area contributed by atoms with Crippen molar-refractivity contribution < 1.29 is 9.53 Å². The maximum absolute atomic E-state index is 11.8. The molecule has 19 heavy (non-hydrogen) atoms. The van der Waals surface area contributed by atoms with Gasteiger partial charge in [-0.1, -0.05) is 18.2 Å². The van der Waals surface area contributed by atoms with Crippen LogP contribution in [0, 0.1) is 0 Å². The van der Waals surface area contributed by atoms with E-state index in [0.29, 0.717) is 13.0 Å². The fourth-order valence-corrected chi connectivity index (χ4v) is 2.42. The summed E-state index contributed by atoms with van der Waals surface area (Å²) in [6, 6.07) is 9.60. The van der Waals surface area contributed by atoms with Crippen molar-refractivity contribution in [2.24, 2.45) is 0 Å². The number of aromatic nitrogens is 1. The fourth-order valence-electron chi connectivity index (χ4n) is 2.42. The Hall–Kier alpha value is -2.16. The van der Waals surface area contributed by atoms with E-state index in [2.05, 4.69) is 4.98 Å². The molecule has 0 fully saturated rings. The number of nitrogens with zero attached hydrogens (tertiary/aromatic N) is 1. The molecule has 3 rings (SSSR count). The first-order valence-electron chi connectivity index (χ1n) is 6.51. The monoisotopic (exact) mass is 253 g/mol. The van der Waals surface area contributed by atoms with Gasteiger partial charge in [-0.2, -0.15) is 0 Å². The van der Waals surface area contributed by atoms with Crippen molar-refractivity contribution in [3.63, 3.8) is 0 Å². The number of ketones is 1. The summed E-state index contributed by atoms with van der Waals surface area (Å²) in [6.45, 7) is 0.485. The van der Waals surface area contributed by atoms with Crippen LogP contribution in [0.4, 0.5) is 0 Å². The summed E-state index contributed by atoms with van der Waals surface area (Å²) < 4.78 is 5.85. The minimum absolute atomic E-state index is 0.230. The molecule has 0 saturated carbocycles. The molecule has 2 aromatic rings. The van der Waals surface area contributed by atoms with Crippen LogP contribution in [0.2, 0.25) is 0 Å². The molecule has 96 valence electrons. The Morgan fingerprint density at radius 1 is 1.16 bits per heavy atom. The molecule has 0 amide bonds. The second kappa shape index (κ2) is 5.22. The molecule has 0 N–H and O–H groups in total. The van der Waals surface area contributed by atoms with Crippen LogP contribution < -0.4 is 4.74 Å². The number of hydrogen-bond acceptors (Lipinski definition) is 3. The standard InChI is InChI=1S/C16H15NO2/c18-15-7-1-6-14-13(15)5-2-8-16(14)19-11-12-4-3-9-17-10-12/h2-5,8-10H,1,6-7,11H2. The minimum Gasteiger partial charge on any atom is -0.489 e. The molecule has 0 bridgehead atoms. The van der Waals surface area contributed by atoms with Crippen molar-refractivity contribution in [3.8, 4) is 5.75 Å². The van der Waals surface area contributed by atoms with E-state index in [1.165, 1.54) is 0 Å². The molecular weight excluding hydrogens is 238 g/mol. The lowest BCUT2D eigenvalue weighted by atomic mass is 9.90. The zero-order chi connectivity index (χ0) is 13.1. The van der Waals surface area contributed by atoms with Gasteiger partial charge in [-0.15, -0.1) is 0 Å². The van der Waals surface area contributed by atoms with Gasteiger partial charge in [0.05, 0.1) is 0 Å². The van der Waals surface area contributed by atoms with E-state index in [4.69, 9.17) is 4.74 Å². The van der Waals surface area contributed by atoms with Gasteiger partial charge in [-0.3, -0.25) is 9.78 Å². The SMILES string of the molecule is O=C1CCCc2c(OCc3cccnc3)cccc21. The van der Waals surface area contributed by atoms with Gasteiger partial charge in [0.2, 0.25) is 0 Å². The van der Waals surface area contributed by atoms with Gasteiger partial charge in [0.1, 0.15) is 12.4 Å². The molecule has 1 aliphatic rings. The zero-order valence-corrected chi connectivity index (χ0v) is 10.6. The molecule has 0 atom stereocenters. The number of carbonyl (C=O) groups excluding carboxylic acids is 1. The Morgan fingerprint density at radius 3 is 2.95 bits per heavy atom. The van der Waals surface area contributed by atoms with Crippen LogP contribution in [0.3, 0.4) is 0 Å².